The third kappa shape index (κ3) is 7.61. The van der Waals surface area contributed by atoms with Crippen molar-refractivity contribution in [3.05, 3.63) is 265 Å². The molecule has 0 spiro atoms. The maximum Gasteiger partial charge on any atom is 0.148 e. The van der Waals surface area contributed by atoms with Gasteiger partial charge in [0.1, 0.15) is 11.6 Å². The summed E-state index contributed by atoms with van der Waals surface area (Å²) in [6.45, 7) is 0. The molecule has 0 aliphatic heterocycles. The molecule has 0 saturated heterocycles. The van der Waals surface area contributed by atoms with Gasteiger partial charge in [0.15, 0.2) is 0 Å². The van der Waals surface area contributed by atoms with Gasteiger partial charge < -0.3 is 9.80 Å². The van der Waals surface area contributed by atoms with Crippen LogP contribution in [0.15, 0.2) is 243 Å². The summed E-state index contributed by atoms with van der Waals surface area (Å²) in [6.07, 6.45) is 0. The lowest BCUT2D eigenvalue weighted by Gasteiger charge is -2.31. The summed E-state index contributed by atoms with van der Waals surface area (Å²) >= 11 is 0. The van der Waals surface area contributed by atoms with Gasteiger partial charge in [0.05, 0.1) is 46.0 Å². The highest BCUT2D eigenvalue weighted by Gasteiger charge is 2.28. The van der Waals surface area contributed by atoms with Gasteiger partial charge in [-0.05, 0) is 128 Å². The number of nitrogens with zero attached hydrogens (tertiary/aromatic N) is 4. The monoisotopic (exact) mass is 926 g/mol. The van der Waals surface area contributed by atoms with Crippen LogP contribution in [0.1, 0.15) is 11.1 Å². The van der Waals surface area contributed by atoms with Gasteiger partial charge in [-0.2, -0.15) is 10.5 Å². The molecule has 12 aromatic rings. The van der Waals surface area contributed by atoms with Gasteiger partial charge in [0.2, 0.25) is 0 Å². The van der Waals surface area contributed by atoms with Crippen LogP contribution in [0.5, 0.6) is 0 Å². The molecule has 6 heteroatoms. The summed E-state index contributed by atoms with van der Waals surface area (Å²) < 4.78 is 35.5. The molecule has 0 unspecified atom stereocenters. The van der Waals surface area contributed by atoms with Gasteiger partial charge in [-0.1, -0.05) is 170 Å². The van der Waals surface area contributed by atoms with Crippen molar-refractivity contribution in [1.29, 1.82) is 10.5 Å². The molecule has 0 heterocycles. The Morgan fingerprint density at radius 2 is 0.681 bits per heavy atom. The van der Waals surface area contributed by atoms with Crippen LogP contribution in [0.2, 0.25) is 0 Å². The van der Waals surface area contributed by atoms with E-state index in [2.05, 4.69) is 48.5 Å². The van der Waals surface area contributed by atoms with Crippen LogP contribution < -0.4 is 9.80 Å². The molecule has 0 radical (unpaired) electrons. The highest BCUT2D eigenvalue weighted by Crippen LogP contribution is 2.52. The Labute approximate surface area is 415 Å². The normalized spacial score (nSPS) is 11.2. The molecular formula is C66H40F2N4. The SMILES string of the molecule is N#Cc1cccc(N(c2c(F)cc(-c3ccccc3)cc2-c2ccccc2)c2ccc3ccc4c(N(c5cccc(C#N)c5)c5c(F)cc(-c6ccccc6)cc5-c5ccccc5)ccc5ccc2c3c54)c1. The predicted molar refractivity (Wildman–Crippen MR) is 291 cm³/mol. The minimum atomic E-state index is -0.435. The molecule has 338 valence electrons. The van der Waals surface area contributed by atoms with E-state index in [-0.39, 0.29) is 0 Å². The average molecular weight is 927 g/mol. The second-order valence-electron chi connectivity index (χ2n) is 17.8. The van der Waals surface area contributed by atoms with E-state index in [9.17, 15) is 10.5 Å². The van der Waals surface area contributed by atoms with Gasteiger partial charge in [0, 0.05) is 33.3 Å². The first-order valence-electron chi connectivity index (χ1n) is 23.7. The van der Waals surface area contributed by atoms with Crippen molar-refractivity contribution in [2.75, 3.05) is 9.80 Å². The van der Waals surface area contributed by atoms with E-state index in [1.165, 1.54) is 0 Å². The molecule has 12 rings (SSSR count). The maximum absolute atomic E-state index is 17.7. The summed E-state index contributed by atoms with van der Waals surface area (Å²) in [5, 5.41) is 25.9. The van der Waals surface area contributed by atoms with Crippen LogP contribution in [0, 0.1) is 34.3 Å². The van der Waals surface area contributed by atoms with Crippen molar-refractivity contribution in [2.45, 2.75) is 0 Å². The molecule has 0 N–H and O–H groups in total. The Kier molecular flexibility index (Phi) is 11.0. The van der Waals surface area contributed by atoms with Crippen molar-refractivity contribution in [2.24, 2.45) is 0 Å². The lowest BCUT2D eigenvalue weighted by molar-refractivity contribution is 0.629. The zero-order chi connectivity index (χ0) is 48.7. The van der Waals surface area contributed by atoms with Crippen molar-refractivity contribution >= 4 is 66.4 Å². The van der Waals surface area contributed by atoms with Gasteiger partial charge >= 0.3 is 0 Å². The Bertz CT molecular complexity index is 3820. The largest absolute Gasteiger partial charge is 0.306 e. The summed E-state index contributed by atoms with van der Waals surface area (Å²) in [7, 11) is 0. The smallest absolute Gasteiger partial charge is 0.148 e. The van der Waals surface area contributed by atoms with Crippen LogP contribution in [-0.4, -0.2) is 0 Å². The molecule has 0 saturated carbocycles. The van der Waals surface area contributed by atoms with Crippen molar-refractivity contribution < 1.29 is 8.78 Å². The standard InChI is InChI=1S/C66H40F2N4/c67-59-39-51(45-17-5-1-6-18-45)37-57(47-21-9-3-10-22-47)65(59)71(53-25-13-15-43(35-53)41-69)61-33-29-49-28-32-56-62(34-30-50-27-31-55(61)63(49)64(50)56)72(54-26-14-16-44(36-54)42-70)66-58(48-23-11-4-12-24-48)38-52(40-60(66)68)46-19-7-2-8-20-46/h1-40H. The maximum atomic E-state index is 17.7. The molecule has 0 aliphatic rings. The van der Waals surface area contributed by atoms with Crippen LogP contribution in [-0.2, 0) is 0 Å². The number of halogens is 2. The second kappa shape index (κ2) is 18.2. The zero-order valence-corrected chi connectivity index (χ0v) is 38.6. The second-order valence-corrected chi connectivity index (χ2v) is 17.8. The first-order valence-corrected chi connectivity index (χ1v) is 23.7. The molecule has 0 amide bonds. The fourth-order valence-corrected chi connectivity index (χ4v) is 10.3. The Morgan fingerprint density at radius 1 is 0.319 bits per heavy atom. The summed E-state index contributed by atoms with van der Waals surface area (Å²) in [5.41, 5.74) is 10.4. The van der Waals surface area contributed by atoms with Crippen LogP contribution >= 0.6 is 0 Å². The molecule has 0 aliphatic carbocycles. The Morgan fingerprint density at radius 3 is 1.06 bits per heavy atom. The number of nitriles is 2. The Balaban J connectivity index is 1.14. The van der Waals surface area contributed by atoms with E-state index in [4.69, 9.17) is 0 Å². The molecule has 0 aromatic heterocycles. The molecule has 12 aromatic carbocycles. The quantitative estimate of drug-likeness (QED) is 0.128. The lowest BCUT2D eigenvalue weighted by Crippen LogP contribution is -2.15. The third-order valence-corrected chi connectivity index (χ3v) is 13.5. The number of benzene rings is 12. The topological polar surface area (TPSA) is 54.1 Å². The summed E-state index contributed by atoms with van der Waals surface area (Å²) in [5.74, 6) is -0.870. The molecule has 0 bridgehead atoms. The minimum Gasteiger partial charge on any atom is -0.306 e. The van der Waals surface area contributed by atoms with E-state index >= 15 is 8.78 Å². The fourth-order valence-electron chi connectivity index (χ4n) is 10.3. The van der Waals surface area contributed by atoms with E-state index in [0.717, 1.165) is 65.7 Å². The highest BCUT2D eigenvalue weighted by molar-refractivity contribution is 6.28. The fraction of sp³-hybridized carbons (Fsp3) is 0. The first-order chi connectivity index (χ1) is 35.4. The van der Waals surface area contributed by atoms with Crippen molar-refractivity contribution in [3.8, 4) is 56.6 Å². The van der Waals surface area contributed by atoms with Crippen molar-refractivity contribution in [1.82, 2.24) is 0 Å². The van der Waals surface area contributed by atoms with E-state index in [1.807, 2.05) is 180 Å². The number of hydrogen-bond donors (Lipinski definition) is 0. The molecule has 72 heavy (non-hydrogen) atoms. The molecule has 4 nitrogen and oxygen atoms in total. The van der Waals surface area contributed by atoms with Crippen LogP contribution in [0.25, 0.3) is 76.8 Å². The van der Waals surface area contributed by atoms with Crippen LogP contribution in [0.3, 0.4) is 0 Å². The summed E-state index contributed by atoms with van der Waals surface area (Å²) in [6, 6.07) is 82.2. The van der Waals surface area contributed by atoms with E-state index in [0.29, 0.717) is 56.4 Å². The molecule has 0 fully saturated rings. The number of hydrogen-bond acceptors (Lipinski definition) is 4. The first kappa shape index (κ1) is 43.4. The van der Waals surface area contributed by atoms with Crippen LogP contribution in [0.4, 0.5) is 42.9 Å². The van der Waals surface area contributed by atoms with Gasteiger partial charge in [-0.3, -0.25) is 0 Å². The third-order valence-electron chi connectivity index (χ3n) is 13.5. The van der Waals surface area contributed by atoms with Gasteiger partial charge in [0.25, 0.3) is 0 Å². The molecule has 0 atom stereocenters. The number of rotatable bonds is 10. The molecular weight excluding hydrogens is 887 g/mol. The lowest BCUT2D eigenvalue weighted by atomic mass is 9.90. The average Bonchev–Trinajstić information content (AvgIpc) is 3.45. The minimum absolute atomic E-state index is 0.332. The Hall–Kier alpha value is -9.88. The highest BCUT2D eigenvalue weighted by atomic mass is 19.1. The van der Waals surface area contributed by atoms with Crippen molar-refractivity contribution in [3.63, 3.8) is 0 Å². The number of anilines is 6. The summed E-state index contributed by atoms with van der Waals surface area (Å²) in [4.78, 5) is 3.88. The van der Waals surface area contributed by atoms with E-state index < -0.39 is 11.6 Å². The van der Waals surface area contributed by atoms with Gasteiger partial charge in [-0.25, -0.2) is 8.78 Å². The zero-order valence-electron chi connectivity index (χ0n) is 38.6. The van der Waals surface area contributed by atoms with E-state index in [1.54, 1.807) is 36.4 Å². The predicted octanol–water partition coefficient (Wildman–Crippen LogP) is 18.2. The van der Waals surface area contributed by atoms with Gasteiger partial charge in [-0.15, -0.1) is 0 Å².